The van der Waals surface area contributed by atoms with Gasteiger partial charge in [-0.3, -0.25) is 9.59 Å². The first-order valence-corrected chi connectivity index (χ1v) is 9.49. The normalized spacial score (nSPS) is 10.8. The van der Waals surface area contributed by atoms with E-state index in [4.69, 9.17) is 0 Å². The fraction of sp³-hybridized carbons (Fsp3) is 0.125. The lowest BCUT2D eigenvalue weighted by atomic mass is 10.1. The largest absolute Gasteiger partial charge is 0.350 e. The number of aromatic nitrogens is 2. The SMILES string of the molecule is Cc1ccc(CNC(=O)Cn2nc(-c3ccccc3)c3ccccc3c2=O)cc1. The Bertz CT molecular complexity index is 1210. The molecule has 5 heteroatoms. The second-order valence-corrected chi connectivity index (χ2v) is 6.99. The van der Waals surface area contributed by atoms with Crippen molar-refractivity contribution >= 4 is 16.7 Å². The molecule has 3 aromatic carbocycles. The predicted octanol–water partition coefficient (Wildman–Crippen LogP) is 3.69. The molecule has 0 bridgehead atoms. The molecule has 5 nitrogen and oxygen atoms in total. The van der Waals surface area contributed by atoms with Gasteiger partial charge in [-0.25, -0.2) is 4.68 Å². The van der Waals surface area contributed by atoms with Crippen LogP contribution in [0.15, 0.2) is 83.7 Å². The lowest BCUT2D eigenvalue weighted by molar-refractivity contribution is -0.122. The average Bonchev–Trinajstić information content (AvgIpc) is 2.76. The summed E-state index contributed by atoms with van der Waals surface area (Å²) in [5.41, 5.74) is 3.49. The lowest BCUT2D eigenvalue weighted by Gasteiger charge is -2.11. The Kier molecular flexibility index (Phi) is 5.20. The number of carbonyl (C=O) groups is 1. The quantitative estimate of drug-likeness (QED) is 0.572. The molecule has 0 fully saturated rings. The topological polar surface area (TPSA) is 64.0 Å². The van der Waals surface area contributed by atoms with Crippen LogP contribution in [0.3, 0.4) is 0 Å². The van der Waals surface area contributed by atoms with E-state index < -0.39 is 0 Å². The van der Waals surface area contributed by atoms with E-state index in [1.165, 1.54) is 10.2 Å². The molecule has 0 saturated carbocycles. The molecule has 0 aliphatic heterocycles. The van der Waals surface area contributed by atoms with Gasteiger partial charge in [-0.15, -0.1) is 0 Å². The van der Waals surface area contributed by atoms with Crippen molar-refractivity contribution in [2.24, 2.45) is 0 Å². The fourth-order valence-electron chi connectivity index (χ4n) is 3.25. The van der Waals surface area contributed by atoms with Crippen LogP contribution in [0.1, 0.15) is 11.1 Å². The van der Waals surface area contributed by atoms with Crippen LogP contribution >= 0.6 is 0 Å². The van der Waals surface area contributed by atoms with Gasteiger partial charge in [-0.1, -0.05) is 78.4 Å². The van der Waals surface area contributed by atoms with Crippen LogP contribution in [0.25, 0.3) is 22.0 Å². The summed E-state index contributed by atoms with van der Waals surface area (Å²) < 4.78 is 1.25. The van der Waals surface area contributed by atoms with Crippen LogP contribution in [-0.2, 0) is 17.9 Å². The first-order chi connectivity index (χ1) is 14.1. The molecule has 0 unspecified atom stereocenters. The first-order valence-electron chi connectivity index (χ1n) is 9.49. The highest BCUT2D eigenvalue weighted by Crippen LogP contribution is 2.24. The number of nitrogens with one attached hydrogen (secondary N) is 1. The Morgan fingerprint density at radius 3 is 2.28 bits per heavy atom. The van der Waals surface area contributed by atoms with Crippen molar-refractivity contribution in [3.8, 4) is 11.3 Å². The monoisotopic (exact) mass is 383 g/mol. The van der Waals surface area contributed by atoms with E-state index in [0.29, 0.717) is 17.6 Å². The molecule has 1 aromatic heterocycles. The molecule has 4 aromatic rings. The zero-order chi connectivity index (χ0) is 20.2. The fourth-order valence-corrected chi connectivity index (χ4v) is 3.25. The minimum atomic E-state index is -0.272. The molecule has 4 rings (SSSR count). The Labute approximate surface area is 168 Å². The minimum Gasteiger partial charge on any atom is -0.350 e. The highest BCUT2D eigenvalue weighted by molar-refractivity contribution is 5.93. The number of amides is 1. The molecule has 1 amide bonds. The van der Waals surface area contributed by atoms with Gasteiger partial charge >= 0.3 is 0 Å². The van der Waals surface area contributed by atoms with E-state index in [2.05, 4.69) is 10.4 Å². The molecule has 29 heavy (non-hydrogen) atoms. The highest BCUT2D eigenvalue weighted by Gasteiger charge is 2.14. The second kappa shape index (κ2) is 8.10. The Morgan fingerprint density at radius 1 is 0.897 bits per heavy atom. The van der Waals surface area contributed by atoms with Crippen molar-refractivity contribution in [2.75, 3.05) is 0 Å². The summed E-state index contributed by atoms with van der Waals surface area (Å²) in [6.45, 7) is 2.30. The Balaban J connectivity index is 1.63. The number of benzene rings is 3. The van der Waals surface area contributed by atoms with E-state index in [1.54, 1.807) is 6.07 Å². The molecule has 0 aliphatic carbocycles. The number of nitrogens with zero attached hydrogens (tertiary/aromatic N) is 2. The van der Waals surface area contributed by atoms with Crippen LogP contribution in [0, 0.1) is 6.92 Å². The Hall–Kier alpha value is -3.73. The van der Waals surface area contributed by atoms with Crippen LogP contribution in [-0.4, -0.2) is 15.7 Å². The predicted molar refractivity (Wildman–Crippen MR) is 114 cm³/mol. The van der Waals surface area contributed by atoms with Crippen molar-refractivity contribution < 1.29 is 4.79 Å². The zero-order valence-electron chi connectivity index (χ0n) is 16.1. The van der Waals surface area contributed by atoms with Crippen molar-refractivity contribution in [1.82, 2.24) is 15.1 Å². The summed E-state index contributed by atoms with van der Waals surface area (Å²) in [5.74, 6) is -0.255. The molecule has 0 aliphatic rings. The van der Waals surface area contributed by atoms with Gasteiger partial charge in [0.05, 0.1) is 11.1 Å². The van der Waals surface area contributed by atoms with Gasteiger partial charge in [0, 0.05) is 17.5 Å². The standard InChI is InChI=1S/C24H21N3O2/c1-17-11-13-18(14-12-17)15-25-22(28)16-27-24(29)21-10-6-5-9-20(21)23(26-27)19-7-3-2-4-8-19/h2-14H,15-16H2,1H3,(H,25,28). The maximum atomic E-state index is 12.9. The summed E-state index contributed by atoms with van der Waals surface area (Å²) in [7, 11) is 0. The molecule has 0 radical (unpaired) electrons. The highest BCUT2D eigenvalue weighted by atomic mass is 16.2. The van der Waals surface area contributed by atoms with Crippen LogP contribution in [0.5, 0.6) is 0 Å². The van der Waals surface area contributed by atoms with Crippen molar-refractivity contribution in [1.29, 1.82) is 0 Å². The molecule has 0 atom stereocenters. The van der Waals surface area contributed by atoms with Gasteiger partial charge < -0.3 is 5.32 Å². The molecule has 1 N–H and O–H groups in total. The van der Waals surface area contributed by atoms with Crippen LogP contribution in [0.2, 0.25) is 0 Å². The molecular formula is C24H21N3O2. The van der Waals surface area contributed by atoms with E-state index in [-0.39, 0.29) is 18.0 Å². The van der Waals surface area contributed by atoms with Gasteiger partial charge in [0.2, 0.25) is 5.91 Å². The van der Waals surface area contributed by atoms with Gasteiger partial charge in [0.25, 0.3) is 5.56 Å². The Morgan fingerprint density at radius 2 is 1.55 bits per heavy atom. The van der Waals surface area contributed by atoms with Crippen molar-refractivity contribution in [2.45, 2.75) is 20.0 Å². The number of carbonyl (C=O) groups excluding carboxylic acids is 1. The van der Waals surface area contributed by atoms with Gasteiger partial charge in [0.15, 0.2) is 0 Å². The van der Waals surface area contributed by atoms with Crippen molar-refractivity contribution in [3.63, 3.8) is 0 Å². The first kappa shape index (κ1) is 18.6. The van der Waals surface area contributed by atoms with E-state index >= 15 is 0 Å². The van der Waals surface area contributed by atoms with Gasteiger partial charge in [-0.05, 0) is 18.6 Å². The molecule has 0 saturated heterocycles. The molecular weight excluding hydrogens is 362 g/mol. The maximum absolute atomic E-state index is 12.9. The third-order valence-electron chi connectivity index (χ3n) is 4.82. The number of hydrogen-bond acceptors (Lipinski definition) is 3. The molecule has 1 heterocycles. The third kappa shape index (κ3) is 4.09. The summed E-state index contributed by atoms with van der Waals surface area (Å²) in [6.07, 6.45) is 0. The summed E-state index contributed by atoms with van der Waals surface area (Å²) in [5, 5.41) is 8.71. The van der Waals surface area contributed by atoms with Crippen LogP contribution < -0.4 is 10.9 Å². The van der Waals surface area contributed by atoms with Crippen molar-refractivity contribution in [3.05, 3.63) is 100 Å². The maximum Gasteiger partial charge on any atom is 0.275 e. The zero-order valence-corrected chi connectivity index (χ0v) is 16.1. The average molecular weight is 383 g/mol. The summed E-state index contributed by atoms with van der Waals surface area (Å²) in [6, 6.07) is 25.0. The molecule has 0 spiro atoms. The van der Waals surface area contributed by atoms with E-state index in [9.17, 15) is 9.59 Å². The number of hydrogen-bond donors (Lipinski definition) is 1. The summed E-state index contributed by atoms with van der Waals surface area (Å²) >= 11 is 0. The minimum absolute atomic E-state index is 0.130. The number of rotatable bonds is 5. The number of fused-ring (bicyclic) bond motifs is 1. The van der Waals surface area contributed by atoms with E-state index in [1.807, 2.05) is 79.7 Å². The van der Waals surface area contributed by atoms with Crippen LogP contribution in [0.4, 0.5) is 0 Å². The third-order valence-corrected chi connectivity index (χ3v) is 4.82. The van der Waals surface area contributed by atoms with Gasteiger partial charge in [-0.2, -0.15) is 5.10 Å². The summed E-state index contributed by atoms with van der Waals surface area (Å²) in [4.78, 5) is 25.4. The molecule has 144 valence electrons. The number of aryl methyl sites for hydroxylation is 1. The second-order valence-electron chi connectivity index (χ2n) is 6.99. The lowest BCUT2D eigenvalue weighted by Crippen LogP contribution is -2.33. The van der Waals surface area contributed by atoms with Gasteiger partial charge in [0.1, 0.15) is 6.54 Å². The smallest absolute Gasteiger partial charge is 0.275 e. The van der Waals surface area contributed by atoms with E-state index in [0.717, 1.165) is 16.5 Å².